The van der Waals surface area contributed by atoms with E-state index in [1.807, 2.05) is 6.07 Å². The molecule has 4 fully saturated rings. The molecule has 3 saturated heterocycles. The first-order valence-electron chi connectivity index (χ1n) is 14.8. The van der Waals surface area contributed by atoms with Crippen LogP contribution in [0.1, 0.15) is 37.8 Å². The Kier molecular flexibility index (Phi) is 8.94. The second-order valence-corrected chi connectivity index (χ2v) is 15.5. The molecule has 45 heavy (non-hydrogen) atoms. The lowest BCUT2D eigenvalue weighted by molar-refractivity contribution is -0.189. The third-order valence-corrected chi connectivity index (χ3v) is 11.0. The molecule has 0 amide bonds. The third-order valence-electron chi connectivity index (χ3n) is 8.78. The number of aromatic nitrogens is 1. The van der Waals surface area contributed by atoms with E-state index in [4.69, 9.17) is 14.6 Å². The van der Waals surface area contributed by atoms with E-state index in [-0.39, 0.29) is 26.4 Å². The van der Waals surface area contributed by atoms with E-state index in [0.717, 1.165) is 44.5 Å². The second-order valence-electron chi connectivity index (χ2n) is 11.9. The minimum atomic E-state index is -4.44. The first-order valence-corrected chi connectivity index (χ1v) is 17.4. The predicted octanol–water partition coefficient (Wildman–Crippen LogP) is 5.28. The lowest BCUT2D eigenvalue weighted by Crippen LogP contribution is -2.60. The van der Waals surface area contributed by atoms with Crippen LogP contribution in [0.25, 0.3) is 10.9 Å². The van der Waals surface area contributed by atoms with Gasteiger partial charge in [-0.3, -0.25) is 4.90 Å². The first-order chi connectivity index (χ1) is 21.3. The standard InChI is InChI=1S/C31H35F3IN5O4S/c1-43-29-16-24(45(36,41)42)7-8-27(29)37-13-3-4-21-14-25-26(5-2-6-28(25)40(21)19-31(32,33)34)38-30(35)11-9-20(10-12-30)39-17-22-15-23(18-39)44-22/h2,5-8,14,16,20,22-23,37-38H,9-13,15,17-19H2,1H3,(H2,36,41,42). The third kappa shape index (κ3) is 7.32. The van der Waals surface area contributed by atoms with E-state index in [2.05, 4.69) is 50.0 Å². The summed E-state index contributed by atoms with van der Waals surface area (Å²) in [6, 6.07) is 11.7. The number of nitrogens with zero attached hydrogens (tertiary/aromatic N) is 2. The monoisotopic (exact) mass is 757 g/mol. The highest BCUT2D eigenvalue weighted by Crippen LogP contribution is 2.42. The molecule has 2 aromatic carbocycles. The summed E-state index contributed by atoms with van der Waals surface area (Å²) in [7, 11) is -2.53. The Hall–Kier alpha value is -2.71. The van der Waals surface area contributed by atoms with Crippen LogP contribution in [0.15, 0.2) is 47.4 Å². The fourth-order valence-corrected chi connectivity index (χ4v) is 8.03. The van der Waals surface area contributed by atoms with Gasteiger partial charge in [0.25, 0.3) is 0 Å². The molecule has 4 aliphatic rings. The maximum absolute atomic E-state index is 13.7. The topological polar surface area (TPSA) is 111 Å². The Morgan fingerprint density at radius 3 is 2.49 bits per heavy atom. The van der Waals surface area contributed by atoms with Crippen LogP contribution in [0.4, 0.5) is 24.5 Å². The van der Waals surface area contributed by atoms with Gasteiger partial charge < -0.3 is 24.7 Å². The molecule has 7 rings (SSSR count). The molecule has 2 bridgehead atoms. The van der Waals surface area contributed by atoms with Crippen molar-refractivity contribution < 1.29 is 31.1 Å². The van der Waals surface area contributed by atoms with Crippen molar-refractivity contribution in [3.05, 3.63) is 48.2 Å². The number of fused-ring (bicyclic) bond motifs is 3. The largest absolute Gasteiger partial charge is 0.495 e. The quantitative estimate of drug-likeness (QED) is 0.124. The number of nitrogens with one attached hydrogen (secondary N) is 2. The van der Waals surface area contributed by atoms with Crippen LogP contribution in [0.5, 0.6) is 5.75 Å². The molecule has 1 aromatic heterocycles. The number of hydrogen-bond acceptors (Lipinski definition) is 7. The molecular formula is C31H35F3IN5O4S. The normalized spacial score (nSPS) is 25.2. The SMILES string of the molecule is COc1cc(S(N)(=O)=O)ccc1NCC#Cc1cc2c(NC3(I)CCC(N4CC5CC(C4)O5)CC3)cccc2n1CC(F)(F)F. The summed E-state index contributed by atoms with van der Waals surface area (Å²) in [5.74, 6) is 6.05. The van der Waals surface area contributed by atoms with Gasteiger partial charge in [0.1, 0.15) is 12.3 Å². The number of morpholine rings is 1. The van der Waals surface area contributed by atoms with Gasteiger partial charge in [0, 0.05) is 42.7 Å². The predicted molar refractivity (Wildman–Crippen MR) is 175 cm³/mol. The Labute approximate surface area is 274 Å². The van der Waals surface area contributed by atoms with Crippen LogP contribution >= 0.6 is 22.6 Å². The molecule has 14 heteroatoms. The zero-order chi connectivity index (χ0) is 32.0. The van der Waals surface area contributed by atoms with Gasteiger partial charge in [0.15, 0.2) is 0 Å². The maximum atomic E-state index is 13.7. The number of ether oxygens (including phenoxy) is 2. The molecule has 1 saturated carbocycles. The summed E-state index contributed by atoms with van der Waals surface area (Å²) >= 11 is 2.47. The lowest BCUT2D eigenvalue weighted by Gasteiger charge is -2.51. The highest BCUT2D eigenvalue weighted by Gasteiger charge is 2.43. The van der Waals surface area contributed by atoms with Gasteiger partial charge in [-0.15, -0.1) is 0 Å². The van der Waals surface area contributed by atoms with Crippen molar-refractivity contribution in [2.24, 2.45) is 5.14 Å². The van der Waals surface area contributed by atoms with Crippen LogP contribution < -0.4 is 20.5 Å². The number of sulfonamides is 1. The molecule has 3 aliphatic heterocycles. The number of nitrogens with two attached hydrogens (primary N) is 1. The highest BCUT2D eigenvalue weighted by atomic mass is 127. The van der Waals surface area contributed by atoms with Crippen molar-refractivity contribution in [1.29, 1.82) is 0 Å². The minimum Gasteiger partial charge on any atom is -0.495 e. The average Bonchev–Trinajstić information content (AvgIpc) is 3.31. The maximum Gasteiger partial charge on any atom is 0.406 e. The summed E-state index contributed by atoms with van der Waals surface area (Å²) in [5.41, 5.74) is 1.95. The van der Waals surface area contributed by atoms with Crippen LogP contribution in [-0.4, -0.2) is 72.6 Å². The van der Waals surface area contributed by atoms with E-state index in [1.54, 1.807) is 18.2 Å². The minimum absolute atomic E-state index is 0.0758. The molecule has 2 unspecified atom stereocenters. The first kappa shape index (κ1) is 32.2. The molecule has 242 valence electrons. The van der Waals surface area contributed by atoms with Crippen molar-refractivity contribution >= 4 is 54.9 Å². The van der Waals surface area contributed by atoms with Crippen LogP contribution in [0.2, 0.25) is 0 Å². The zero-order valence-electron chi connectivity index (χ0n) is 24.7. The summed E-state index contributed by atoms with van der Waals surface area (Å²) in [6.07, 6.45) is 1.51. The van der Waals surface area contributed by atoms with E-state index in [1.165, 1.54) is 36.3 Å². The summed E-state index contributed by atoms with van der Waals surface area (Å²) in [5, 5.41) is 12.6. The number of rotatable bonds is 8. The van der Waals surface area contributed by atoms with Gasteiger partial charge in [-0.25, -0.2) is 13.6 Å². The Morgan fingerprint density at radius 2 is 1.84 bits per heavy atom. The van der Waals surface area contributed by atoms with Crippen molar-refractivity contribution in [3.8, 4) is 17.6 Å². The van der Waals surface area contributed by atoms with E-state index in [0.29, 0.717) is 34.8 Å². The number of benzene rings is 2. The molecule has 4 heterocycles. The zero-order valence-corrected chi connectivity index (χ0v) is 27.6. The number of piperidine rings is 1. The van der Waals surface area contributed by atoms with E-state index in [9.17, 15) is 21.6 Å². The average molecular weight is 758 g/mol. The molecular weight excluding hydrogens is 722 g/mol. The fourth-order valence-electron chi connectivity index (χ4n) is 6.59. The molecule has 0 spiro atoms. The fraction of sp³-hybridized carbons (Fsp3) is 0.484. The number of alkyl halides is 4. The van der Waals surface area contributed by atoms with Crippen molar-refractivity contribution in [2.75, 3.05) is 37.4 Å². The van der Waals surface area contributed by atoms with Gasteiger partial charge in [-0.2, -0.15) is 13.2 Å². The Balaban J connectivity index is 1.19. The number of anilines is 2. The summed E-state index contributed by atoms with van der Waals surface area (Å²) in [6.45, 7) is 0.921. The van der Waals surface area contributed by atoms with Gasteiger partial charge >= 0.3 is 6.18 Å². The van der Waals surface area contributed by atoms with Gasteiger partial charge in [0.2, 0.25) is 10.0 Å². The van der Waals surface area contributed by atoms with Gasteiger partial charge in [-0.05, 0) is 61.9 Å². The Bertz CT molecular complexity index is 1730. The second kappa shape index (κ2) is 12.5. The van der Waals surface area contributed by atoms with Crippen molar-refractivity contribution in [2.45, 2.75) is 71.5 Å². The lowest BCUT2D eigenvalue weighted by atomic mass is 9.87. The smallest absolute Gasteiger partial charge is 0.406 e. The molecule has 9 nitrogen and oxygen atoms in total. The van der Waals surface area contributed by atoms with Crippen LogP contribution in [0, 0.1) is 11.8 Å². The molecule has 1 aliphatic carbocycles. The Morgan fingerprint density at radius 1 is 1.13 bits per heavy atom. The summed E-state index contributed by atoms with van der Waals surface area (Å²) in [4.78, 5) is 2.47. The number of methoxy groups -OCH3 is 1. The summed E-state index contributed by atoms with van der Waals surface area (Å²) < 4.78 is 76.5. The van der Waals surface area contributed by atoms with Crippen molar-refractivity contribution in [1.82, 2.24) is 9.47 Å². The van der Waals surface area contributed by atoms with E-state index >= 15 is 0 Å². The molecule has 4 N–H and O–H groups in total. The highest BCUT2D eigenvalue weighted by molar-refractivity contribution is 14.1. The van der Waals surface area contributed by atoms with Crippen LogP contribution in [0.3, 0.4) is 0 Å². The van der Waals surface area contributed by atoms with Gasteiger partial charge in [-0.1, -0.05) is 34.6 Å². The van der Waals surface area contributed by atoms with Crippen molar-refractivity contribution in [3.63, 3.8) is 0 Å². The molecule has 2 atom stereocenters. The number of hydrogen-bond donors (Lipinski definition) is 3. The van der Waals surface area contributed by atoms with Crippen LogP contribution in [-0.2, 0) is 21.3 Å². The molecule has 0 radical (unpaired) electrons. The number of halogens is 4. The van der Waals surface area contributed by atoms with Gasteiger partial charge in [0.05, 0.1) is 51.2 Å². The number of primary sulfonamides is 1. The van der Waals surface area contributed by atoms with E-state index < -0.39 is 22.7 Å². The molecule has 3 aromatic rings.